The molecule has 1 atom stereocenters. The van der Waals surface area contributed by atoms with Gasteiger partial charge in [-0.1, -0.05) is 6.92 Å². The lowest BCUT2D eigenvalue weighted by molar-refractivity contribution is -0.00659. The highest BCUT2D eigenvalue weighted by molar-refractivity contribution is 5.70. The second kappa shape index (κ2) is 5.15. The number of nitrogens with one attached hydrogen (secondary N) is 1. The van der Waals surface area contributed by atoms with Crippen LogP contribution in [0.5, 0.6) is 0 Å². The molecule has 0 aliphatic carbocycles. The number of carbonyl (C=O) groups excluding carboxylic acids is 1. The van der Waals surface area contributed by atoms with Gasteiger partial charge in [0.15, 0.2) is 0 Å². The zero-order chi connectivity index (χ0) is 14.0. The molecule has 1 aliphatic heterocycles. The summed E-state index contributed by atoms with van der Waals surface area (Å²) in [5.74, 6) is 0. The summed E-state index contributed by atoms with van der Waals surface area (Å²) in [5, 5.41) is 12.5. The summed E-state index contributed by atoms with van der Waals surface area (Å²) in [4.78, 5) is 13.3. The van der Waals surface area contributed by atoms with E-state index in [1.54, 1.807) is 4.90 Å². The van der Waals surface area contributed by atoms with Gasteiger partial charge in [0.25, 0.3) is 0 Å². The predicted molar refractivity (Wildman–Crippen MR) is 69.0 cm³/mol. The van der Waals surface area contributed by atoms with Crippen LogP contribution < -0.4 is 5.32 Å². The maximum atomic E-state index is 11.8. The third-order valence-corrected chi connectivity index (χ3v) is 2.92. The molecule has 18 heavy (non-hydrogen) atoms. The number of rotatable bonds is 3. The van der Waals surface area contributed by atoms with Crippen LogP contribution in [-0.4, -0.2) is 41.3 Å². The Balaban J connectivity index is 2.50. The monoisotopic (exact) mass is 253 g/mol. The van der Waals surface area contributed by atoms with Crippen molar-refractivity contribution in [1.82, 2.24) is 10.2 Å². The van der Waals surface area contributed by atoms with Gasteiger partial charge in [0.2, 0.25) is 0 Å². The number of hydrogen-bond acceptors (Lipinski definition) is 4. The molecule has 0 bridgehead atoms. The fraction of sp³-hybridized carbons (Fsp3) is 0.846. The average molecular weight is 253 g/mol. The van der Waals surface area contributed by atoms with Crippen LogP contribution in [-0.2, 0) is 4.74 Å². The number of nitriles is 1. The van der Waals surface area contributed by atoms with Gasteiger partial charge in [-0.25, -0.2) is 4.79 Å². The molecule has 0 aromatic rings. The van der Waals surface area contributed by atoms with Crippen molar-refractivity contribution in [2.75, 3.05) is 13.1 Å². The summed E-state index contributed by atoms with van der Waals surface area (Å²) < 4.78 is 5.26. The maximum absolute atomic E-state index is 11.8. The Morgan fingerprint density at radius 1 is 1.56 bits per heavy atom. The number of likely N-dealkylation sites (tertiary alicyclic amines) is 1. The van der Waals surface area contributed by atoms with E-state index < -0.39 is 11.1 Å². The molecule has 1 fully saturated rings. The lowest BCUT2D eigenvalue weighted by Crippen LogP contribution is -2.71. The van der Waals surface area contributed by atoms with Crippen molar-refractivity contribution < 1.29 is 9.53 Å². The van der Waals surface area contributed by atoms with Gasteiger partial charge in [0.1, 0.15) is 11.1 Å². The summed E-state index contributed by atoms with van der Waals surface area (Å²) in [6, 6.07) is 2.54. The lowest BCUT2D eigenvalue weighted by Gasteiger charge is -2.47. The molecule has 5 heteroatoms. The Morgan fingerprint density at radius 3 is 2.50 bits per heavy atom. The highest BCUT2D eigenvalue weighted by Crippen LogP contribution is 2.23. The van der Waals surface area contributed by atoms with E-state index in [0.29, 0.717) is 13.1 Å². The van der Waals surface area contributed by atoms with E-state index in [1.165, 1.54) is 0 Å². The molecule has 0 aromatic carbocycles. The number of amides is 1. The topological polar surface area (TPSA) is 65.4 Å². The molecule has 1 N–H and O–H groups in total. The summed E-state index contributed by atoms with van der Waals surface area (Å²) in [6.07, 6.45) is 0.606. The zero-order valence-electron chi connectivity index (χ0n) is 11.9. The fourth-order valence-electron chi connectivity index (χ4n) is 1.83. The van der Waals surface area contributed by atoms with Crippen molar-refractivity contribution in [2.24, 2.45) is 0 Å². The molecule has 0 spiro atoms. The molecule has 1 amide bonds. The van der Waals surface area contributed by atoms with Gasteiger partial charge in [0.05, 0.1) is 19.2 Å². The first-order valence-electron chi connectivity index (χ1n) is 6.38. The van der Waals surface area contributed by atoms with Crippen molar-refractivity contribution in [2.45, 2.75) is 58.2 Å². The van der Waals surface area contributed by atoms with Crippen LogP contribution in [0.4, 0.5) is 4.79 Å². The summed E-state index contributed by atoms with van der Waals surface area (Å²) >= 11 is 0. The molecule has 5 nitrogen and oxygen atoms in total. The van der Waals surface area contributed by atoms with Crippen molar-refractivity contribution in [3.8, 4) is 6.07 Å². The summed E-state index contributed by atoms with van der Waals surface area (Å²) in [7, 11) is 0. The lowest BCUT2D eigenvalue weighted by atomic mass is 9.90. The molecule has 1 heterocycles. The van der Waals surface area contributed by atoms with Crippen molar-refractivity contribution in [3.05, 3.63) is 0 Å². The number of ether oxygens (including phenoxy) is 1. The number of carbonyl (C=O) groups is 1. The van der Waals surface area contributed by atoms with E-state index in [1.807, 2.05) is 27.7 Å². The van der Waals surface area contributed by atoms with Crippen LogP contribution >= 0.6 is 0 Å². The van der Waals surface area contributed by atoms with Crippen LogP contribution in [0.3, 0.4) is 0 Å². The van der Waals surface area contributed by atoms with Gasteiger partial charge < -0.3 is 9.64 Å². The van der Waals surface area contributed by atoms with Crippen LogP contribution in [0.15, 0.2) is 0 Å². The number of nitrogens with zero attached hydrogens (tertiary/aromatic N) is 2. The Hall–Kier alpha value is -1.28. The third kappa shape index (κ3) is 3.61. The van der Waals surface area contributed by atoms with E-state index in [2.05, 4.69) is 18.3 Å². The second-order valence-electron chi connectivity index (χ2n) is 5.98. The molecule has 0 radical (unpaired) electrons. The first kappa shape index (κ1) is 14.8. The van der Waals surface area contributed by atoms with Crippen LogP contribution in [0, 0.1) is 11.3 Å². The highest BCUT2D eigenvalue weighted by atomic mass is 16.6. The standard InChI is InChI=1S/C13H23N3O2/c1-6-10(2)15-13(7-14)8-16(9-13)11(17)18-12(3,4)5/h10,15H,6,8-9H2,1-5H3. The minimum Gasteiger partial charge on any atom is -0.444 e. The molecule has 0 saturated carbocycles. The summed E-state index contributed by atoms with van der Waals surface area (Å²) in [6.45, 7) is 10.4. The van der Waals surface area contributed by atoms with Crippen molar-refractivity contribution >= 4 is 6.09 Å². The molecular weight excluding hydrogens is 230 g/mol. The first-order valence-corrected chi connectivity index (χ1v) is 6.38. The van der Waals surface area contributed by atoms with E-state index in [9.17, 15) is 10.1 Å². The smallest absolute Gasteiger partial charge is 0.410 e. The van der Waals surface area contributed by atoms with Gasteiger partial charge in [-0.3, -0.25) is 5.32 Å². The van der Waals surface area contributed by atoms with E-state index >= 15 is 0 Å². The van der Waals surface area contributed by atoms with Gasteiger partial charge in [-0.05, 0) is 34.1 Å². The fourth-order valence-corrected chi connectivity index (χ4v) is 1.83. The van der Waals surface area contributed by atoms with E-state index in [-0.39, 0.29) is 12.1 Å². The van der Waals surface area contributed by atoms with Gasteiger partial charge in [0, 0.05) is 6.04 Å². The molecule has 1 aliphatic rings. The van der Waals surface area contributed by atoms with Crippen molar-refractivity contribution in [1.29, 1.82) is 5.26 Å². The molecule has 1 saturated heterocycles. The molecule has 0 aromatic heterocycles. The molecular formula is C13H23N3O2. The van der Waals surface area contributed by atoms with E-state index in [0.717, 1.165) is 6.42 Å². The average Bonchev–Trinajstić information content (AvgIpc) is 2.19. The van der Waals surface area contributed by atoms with Crippen LogP contribution in [0.1, 0.15) is 41.0 Å². The Morgan fingerprint density at radius 2 is 2.11 bits per heavy atom. The normalized spacial score (nSPS) is 19.7. The number of hydrogen-bond donors (Lipinski definition) is 1. The van der Waals surface area contributed by atoms with E-state index in [4.69, 9.17) is 4.74 Å². The SMILES string of the molecule is CCC(C)NC1(C#N)CN(C(=O)OC(C)(C)C)C1. The first-order chi connectivity index (χ1) is 8.21. The molecule has 1 rings (SSSR count). The minimum absolute atomic E-state index is 0.269. The summed E-state index contributed by atoms with van der Waals surface area (Å²) in [5.41, 5.74) is -1.10. The van der Waals surface area contributed by atoms with Crippen molar-refractivity contribution in [3.63, 3.8) is 0 Å². The quantitative estimate of drug-likeness (QED) is 0.834. The van der Waals surface area contributed by atoms with Gasteiger partial charge >= 0.3 is 6.09 Å². The Bertz CT molecular complexity index is 348. The van der Waals surface area contributed by atoms with Gasteiger partial charge in [-0.2, -0.15) is 5.26 Å². The largest absolute Gasteiger partial charge is 0.444 e. The highest BCUT2D eigenvalue weighted by Gasteiger charge is 2.47. The van der Waals surface area contributed by atoms with Crippen LogP contribution in [0.25, 0.3) is 0 Å². The maximum Gasteiger partial charge on any atom is 0.410 e. The molecule has 1 unspecified atom stereocenters. The second-order valence-corrected chi connectivity index (χ2v) is 5.98. The minimum atomic E-state index is -0.605. The van der Waals surface area contributed by atoms with Crippen LogP contribution in [0.2, 0.25) is 0 Å². The Labute approximate surface area is 109 Å². The van der Waals surface area contributed by atoms with Gasteiger partial charge in [-0.15, -0.1) is 0 Å². The predicted octanol–water partition coefficient (Wildman–Crippen LogP) is 1.89. The third-order valence-electron chi connectivity index (χ3n) is 2.92. The Kier molecular flexibility index (Phi) is 4.23. The zero-order valence-corrected chi connectivity index (χ0v) is 11.9. The molecule has 102 valence electrons.